The number of rotatable bonds is 1. The van der Waals surface area contributed by atoms with Gasteiger partial charge in [-0.05, 0) is 32.2 Å². The van der Waals surface area contributed by atoms with Gasteiger partial charge in [-0.15, -0.1) is 12.4 Å². The number of ether oxygens (including phenoxy) is 1. The third-order valence-corrected chi connectivity index (χ3v) is 3.24. The third kappa shape index (κ3) is 2.07. The van der Waals surface area contributed by atoms with E-state index in [4.69, 9.17) is 9.26 Å². The van der Waals surface area contributed by atoms with Crippen molar-refractivity contribution in [2.24, 2.45) is 5.92 Å². The SMILES string of the molecule is Cc1noc([C@@H]2C[C@@H]3CCNC[C@H]3O2)n1.Cl. The Kier molecular flexibility index (Phi) is 3.47. The zero-order valence-electron chi connectivity index (χ0n) is 9.18. The predicted octanol–water partition coefficient (Wildman–Crippen LogP) is 1.24. The van der Waals surface area contributed by atoms with Crippen LogP contribution in [0.2, 0.25) is 0 Å². The van der Waals surface area contributed by atoms with Gasteiger partial charge in [-0.2, -0.15) is 4.98 Å². The summed E-state index contributed by atoms with van der Waals surface area (Å²) in [5.41, 5.74) is 0. The Labute approximate surface area is 100 Å². The number of hydrogen-bond acceptors (Lipinski definition) is 5. The van der Waals surface area contributed by atoms with E-state index in [1.807, 2.05) is 6.92 Å². The monoisotopic (exact) mass is 245 g/mol. The van der Waals surface area contributed by atoms with Gasteiger partial charge in [0.15, 0.2) is 5.82 Å². The molecule has 1 N–H and O–H groups in total. The van der Waals surface area contributed by atoms with Gasteiger partial charge in [0.25, 0.3) is 5.89 Å². The summed E-state index contributed by atoms with van der Waals surface area (Å²) >= 11 is 0. The number of aromatic nitrogens is 2. The highest BCUT2D eigenvalue weighted by Crippen LogP contribution is 2.38. The molecule has 0 radical (unpaired) electrons. The Bertz CT molecular complexity index is 344. The third-order valence-electron chi connectivity index (χ3n) is 3.24. The normalized spacial score (nSPS) is 33.2. The topological polar surface area (TPSA) is 60.2 Å². The van der Waals surface area contributed by atoms with Crippen LogP contribution >= 0.6 is 12.4 Å². The summed E-state index contributed by atoms with van der Waals surface area (Å²) in [6.45, 7) is 3.88. The largest absolute Gasteiger partial charge is 0.364 e. The number of piperidine rings is 1. The number of nitrogens with zero attached hydrogens (tertiary/aromatic N) is 2. The molecule has 2 saturated heterocycles. The molecular weight excluding hydrogens is 230 g/mol. The van der Waals surface area contributed by atoms with Crippen molar-refractivity contribution in [2.75, 3.05) is 13.1 Å². The minimum absolute atomic E-state index is 0. The van der Waals surface area contributed by atoms with Crippen LogP contribution in [0.5, 0.6) is 0 Å². The smallest absolute Gasteiger partial charge is 0.255 e. The average molecular weight is 246 g/mol. The number of nitrogens with one attached hydrogen (secondary N) is 1. The van der Waals surface area contributed by atoms with Crippen molar-refractivity contribution in [3.8, 4) is 0 Å². The Morgan fingerprint density at radius 2 is 2.31 bits per heavy atom. The quantitative estimate of drug-likeness (QED) is 0.807. The van der Waals surface area contributed by atoms with Crippen LogP contribution in [0.4, 0.5) is 0 Å². The molecule has 16 heavy (non-hydrogen) atoms. The van der Waals surface area contributed by atoms with E-state index in [2.05, 4.69) is 15.5 Å². The summed E-state index contributed by atoms with van der Waals surface area (Å²) in [7, 11) is 0. The lowest BCUT2D eigenvalue weighted by Gasteiger charge is -2.24. The molecule has 0 aromatic carbocycles. The van der Waals surface area contributed by atoms with Crippen LogP contribution in [0.15, 0.2) is 4.52 Å². The number of halogens is 1. The molecule has 6 heteroatoms. The minimum atomic E-state index is 0. The molecule has 5 nitrogen and oxygen atoms in total. The molecule has 0 aliphatic carbocycles. The molecule has 0 amide bonds. The molecule has 0 saturated carbocycles. The zero-order valence-corrected chi connectivity index (χ0v) is 10.00. The highest BCUT2D eigenvalue weighted by molar-refractivity contribution is 5.85. The van der Waals surface area contributed by atoms with E-state index >= 15 is 0 Å². The van der Waals surface area contributed by atoms with Gasteiger partial charge in [0.2, 0.25) is 0 Å². The van der Waals surface area contributed by atoms with Crippen molar-refractivity contribution in [3.05, 3.63) is 11.7 Å². The molecule has 1 aromatic heterocycles. The van der Waals surface area contributed by atoms with E-state index in [-0.39, 0.29) is 18.5 Å². The van der Waals surface area contributed by atoms with Crippen LogP contribution < -0.4 is 5.32 Å². The van der Waals surface area contributed by atoms with Crippen molar-refractivity contribution in [1.29, 1.82) is 0 Å². The Morgan fingerprint density at radius 1 is 1.44 bits per heavy atom. The molecular formula is C10H16ClN3O2. The van der Waals surface area contributed by atoms with Gasteiger partial charge < -0.3 is 14.6 Å². The molecule has 3 heterocycles. The van der Waals surface area contributed by atoms with E-state index in [0.717, 1.165) is 19.5 Å². The van der Waals surface area contributed by atoms with Gasteiger partial charge in [-0.3, -0.25) is 0 Å². The Morgan fingerprint density at radius 3 is 3.00 bits per heavy atom. The van der Waals surface area contributed by atoms with E-state index in [0.29, 0.717) is 23.7 Å². The second kappa shape index (κ2) is 4.69. The van der Waals surface area contributed by atoms with Crippen LogP contribution in [-0.2, 0) is 4.74 Å². The summed E-state index contributed by atoms with van der Waals surface area (Å²) < 4.78 is 11.1. The highest BCUT2D eigenvalue weighted by atomic mass is 35.5. The lowest BCUT2D eigenvalue weighted by Crippen LogP contribution is -2.38. The van der Waals surface area contributed by atoms with Crippen molar-refractivity contribution in [3.63, 3.8) is 0 Å². The first-order chi connectivity index (χ1) is 7.33. The van der Waals surface area contributed by atoms with Crippen LogP contribution in [0.3, 0.4) is 0 Å². The first-order valence-corrected chi connectivity index (χ1v) is 5.49. The standard InChI is InChI=1S/C10H15N3O2.ClH/c1-6-12-10(15-13-6)8-4-7-2-3-11-5-9(7)14-8;/h7-9,11H,2-5H2,1H3;1H/t7-,8-,9+;/m0./s1. The molecule has 90 valence electrons. The highest BCUT2D eigenvalue weighted by Gasteiger charge is 2.39. The maximum Gasteiger partial charge on any atom is 0.255 e. The number of aryl methyl sites for hydroxylation is 1. The summed E-state index contributed by atoms with van der Waals surface area (Å²) in [5, 5.41) is 7.14. The molecule has 0 bridgehead atoms. The summed E-state index contributed by atoms with van der Waals surface area (Å²) in [5.74, 6) is 1.98. The fraction of sp³-hybridized carbons (Fsp3) is 0.800. The van der Waals surface area contributed by atoms with Crippen LogP contribution in [0, 0.1) is 12.8 Å². The average Bonchev–Trinajstić information content (AvgIpc) is 2.82. The molecule has 3 atom stereocenters. The van der Waals surface area contributed by atoms with E-state index in [9.17, 15) is 0 Å². The molecule has 2 aliphatic rings. The number of fused-ring (bicyclic) bond motifs is 1. The second-order valence-electron chi connectivity index (χ2n) is 4.33. The van der Waals surface area contributed by atoms with E-state index in [1.54, 1.807) is 0 Å². The zero-order chi connectivity index (χ0) is 10.3. The van der Waals surface area contributed by atoms with Gasteiger partial charge in [0.1, 0.15) is 6.10 Å². The van der Waals surface area contributed by atoms with Crippen molar-refractivity contribution >= 4 is 12.4 Å². The van der Waals surface area contributed by atoms with E-state index < -0.39 is 0 Å². The second-order valence-corrected chi connectivity index (χ2v) is 4.33. The summed E-state index contributed by atoms with van der Waals surface area (Å²) in [6, 6.07) is 0. The van der Waals surface area contributed by atoms with E-state index in [1.165, 1.54) is 6.42 Å². The van der Waals surface area contributed by atoms with Gasteiger partial charge in [0.05, 0.1) is 6.10 Å². The first-order valence-electron chi connectivity index (χ1n) is 5.49. The Balaban J connectivity index is 0.000000963. The van der Waals surface area contributed by atoms with Gasteiger partial charge in [-0.25, -0.2) is 0 Å². The predicted molar refractivity (Wildman–Crippen MR) is 59.5 cm³/mol. The minimum Gasteiger partial charge on any atom is -0.364 e. The molecule has 3 rings (SSSR count). The van der Waals surface area contributed by atoms with Crippen LogP contribution in [0.1, 0.15) is 30.7 Å². The lowest BCUT2D eigenvalue weighted by molar-refractivity contribution is 0.0116. The van der Waals surface area contributed by atoms with Gasteiger partial charge in [-0.1, -0.05) is 5.16 Å². The first kappa shape index (κ1) is 11.8. The maximum absolute atomic E-state index is 5.91. The molecule has 2 fully saturated rings. The summed E-state index contributed by atoms with van der Waals surface area (Å²) in [4.78, 5) is 4.23. The molecule has 0 unspecified atom stereocenters. The molecule has 2 aliphatic heterocycles. The van der Waals surface area contributed by atoms with Crippen LogP contribution in [-0.4, -0.2) is 29.3 Å². The maximum atomic E-state index is 5.91. The fourth-order valence-corrected chi connectivity index (χ4v) is 2.46. The van der Waals surface area contributed by atoms with Crippen molar-refractivity contribution in [2.45, 2.75) is 32.0 Å². The fourth-order valence-electron chi connectivity index (χ4n) is 2.46. The summed E-state index contributed by atoms with van der Waals surface area (Å²) in [6.07, 6.45) is 2.56. The Hall–Kier alpha value is -0.650. The van der Waals surface area contributed by atoms with Gasteiger partial charge in [0, 0.05) is 6.54 Å². The molecule has 0 spiro atoms. The van der Waals surface area contributed by atoms with Gasteiger partial charge >= 0.3 is 0 Å². The number of hydrogen-bond donors (Lipinski definition) is 1. The van der Waals surface area contributed by atoms with Crippen molar-refractivity contribution < 1.29 is 9.26 Å². The van der Waals surface area contributed by atoms with Crippen molar-refractivity contribution in [1.82, 2.24) is 15.5 Å². The van der Waals surface area contributed by atoms with Crippen LogP contribution in [0.25, 0.3) is 0 Å². The lowest BCUT2D eigenvalue weighted by atomic mass is 9.93. The molecule has 1 aromatic rings.